The van der Waals surface area contributed by atoms with Crippen molar-refractivity contribution in [3.05, 3.63) is 32.6 Å². The van der Waals surface area contributed by atoms with Crippen LogP contribution >= 0.6 is 0 Å². The molecule has 1 aromatic rings. The number of ether oxygens (including phenoxy) is 1. The van der Waals surface area contributed by atoms with Gasteiger partial charge in [-0.3, -0.25) is 14.6 Å². The molecule has 1 saturated heterocycles. The topological polar surface area (TPSA) is 104 Å². The second-order valence-electron chi connectivity index (χ2n) is 4.49. The molecular weight excluding hydrogens is 226 g/mol. The predicted molar refractivity (Wildman–Crippen MR) is 58.9 cm³/mol. The number of nitrogens with one attached hydrogen (secondary N) is 3. The molecule has 2 heterocycles. The Morgan fingerprint density at radius 1 is 1.47 bits per heavy atom. The fraction of sp³-hybridized carbons (Fsp3) is 0.500. The van der Waals surface area contributed by atoms with Gasteiger partial charge in [0.15, 0.2) is 0 Å². The standard InChI is InChI=1S/C10H13N3O4/c1-10(4-17-5-10)3-11-8(15)6-2-7(14)13-9(16)12-6/h2H,3-5H2,1H3,(H,11,15)(H2,12,13,14,16). The Morgan fingerprint density at radius 2 is 2.18 bits per heavy atom. The molecule has 0 aromatic carbocycles. The van der Waals surface area contributed by atoms with Crippen LogP contribution in [0.4, 0.5) is 0 Å². The highest BCUT2D eigenvalue weighted by molar-refractivity contribution is 5.92. The Balaban J connectivity index is 2.04. The molecule has 0 atom stereocenters. The number of hydrogen-bond donors (Lipinski definition) is 3. The van der Waals surface area contributed by atoms with Gasteiger partial charge in [0.2, 0.25) is 0 Å². The van der Waals surface area contributed by atoms with Crippen LogP contribution in [0, 0.1) is 5.41 Å². The van der Waals surface area contributed by atoms with E-state index in [-0.39, 0.29) is 11.1 Å². The zero-order chi connectivity index (χ0) is 12.5. The van der Waals surface area contributed by atoms with Gasteiger partial charge in [0.25, 0.3) is 11.5 Å². The van der Waals surface area contributed by atoms with Crippen LogP contribution in [0.2, 0.25) is 0 Å². The average molecular weight is 239 g/mol. The van der Waals surface area contributed by atoms with Gasteiger partial charge in [-0.1, -0.05) is 6.92 Å². The molecule has 0 radical (unpaired) electrons. The first kappa shape index (κ1) is 11.6. The lowest BCUT2D eigenvalue weighted by Crippen LogP contribution is -2.48. The summed E-state index contributed by atoms with van der Waals surface area (Å²) in [4.78, 5) is 37.9. The quantitative estimate of drug-likeness (QED) is 0.618. The average Bonchev–Trinajstić information content (AvgIpc) is 2.22. The van der Waals surface area contributed by atoms with E-state index in [9.17, 15) is 14.4 Å². The van der Waals surface area contributed by atoms with Crippen LogP contribution in [0.15, 0.2) is 15.7 Å². The van der Waals surface area contributed by atoms with E-state index >= 15 is 0 Å². The molecule has 0 spiro atoms. The first-order chi connectivity index (χ1) is 7.98. The van der Waals surface area contributed by atoms with Gasteiger partial charge in [0, 0.05) is 18.0 Å². The number of rotatable bonds is 3. The third-order valence-corrected chi connectivity index (χ3v) is 2.58. The van der Waals surface area contributed by atoms with Gasteiger partial charge in [-0.25, -0.2) is 4.79 Å². The van der Waals surface area contributed by atoms with Crippen molar-refractivity contribution in [2.24, 2.45) is 5.41 Å². The molecule has 1 amide bonds. The van der Waals surface area contributed by atoms with Crippen molar-refractivity contribution in [1.29, 1.82) is 0 Å². The van der Waals surface area contributed by atoms with Crippen LogP contribution in [0.1, 0.15) is 17.4 Å². The van der Waals surface area contributed by atoms with E-state index in [0.29, 0.717) is 19.8 Å². The van der Waals surface area contributed by atoms with Gasteiger partial charge >= 0.3 is 5.69 Å². The van der Waals surface area contributed by atoms with Crippen molar-refractivity contribution in [2.75, 3.05) is 19.8 Å². The number of aromatic nitrogens is 2. The highest BCUT2D eigenvalue weighted by Gasteiger charge is 2.33. The van der Waals surface area contributed by atoms with Crippen LogP contribution < -0.4 is 16.6 Å². The Morgan fingerprint density at radius 3 is 2.71 bits per heavy atom. The molecule has 0 aliphatic carbocycles. The lowest BCUT2D eigenvalue weighted by atomic mass is 9.89. The maximum atomic E-state index is 11.7. The second kappa shape index (κ2) is 4.17. The molecule has 3 N–H and O–H groups in total. The van der Waals surface area contributed by atoms with E-state index in [0.717, 1.165) is 6.07 Å². The fourth-order valence-corrected chi connectivity index (χ4v) is 1.53. The van der Waals surface area contributed by atoms with Crippen LogP contribution in [0.5, 0.6) is 0 Å². The largest absolute Gasteiger partial charge is 0.380 e. The third-order valence-electron chi connectivity index (χ3n) is 2.58. The van der Waals surface area contributed by atoms with Crippen molar-refractivity contribution >= 4 is 5.91 Å². The summed E-state index contributed by atoms with van der Waals surface area (Å²) in [5.74, 6) is -0.471. The number of carbonyl (C=O) groups excluding carboxylic acids is 1. The van der Waals surface area contributed by atoms with E-state index in [4.69, 9.17) is 4.74 Å². The van der Waals surface area contributed by atoms with Crippen molar-refractivity contribution < 1.29 is 9.53 Å². The minimum absolute atomic E-state index is 0.0393. The Hall–Kier alpha value is -1.89. The SMILES string of the molecule is CC1(CNC(=O)c2cc(=O)[nH]c(=O)[nH]2)COC1. The molecule has 7 heteroatoms. The van der Waals surface area contributed by atoms with Crippen LogP contribution in [0.3, 0.4) is 0 Å². The third kappa shape index (κ3) is 2.62. The molecule has 0 bridgehead atoms. The van der Waals surface area contributed by atoms with E-state index in [1.807, 2.05) is 11.9 Å². The molecular formula is C10H13N3O4. The minimum atomic E-state index is -0.694. The smallest absolute Gasteiger partial charge is 0.326 e. The van der Waals surface area contributed by atoms with Crippen molar-refractivity contribution in [3.8, 4) is 0 Å². The molecule has 17 heavy (non-hydrogen) atoms. The van der Waals surface area contributed by atoms with E-state index < -0.39 is 17.2 Å². The van der Waals surface area contributed by atoms with Gasteiger partial charge in [-0.2, -0.15) is 0 Å². The normalized spacial score (nSPS) is 17.2. The summed E-state index contributed by atoms with van der Waals surface area (Å²) in [6.07, 6.45) is 0. The Kier molecular flexibility index (Phi) is 2.84. The van der Waals surface area contributed by atoms with Gasteiger partial charge < -0.3 is 15.0 Å². The van der Waals surface area contributed by atoms with Crippen LogP contribution in [-0.4, -0.2) is 35.6 Å². The van der Waals surface area contributed by atoms with Gasteiger partial charge in [-0.15, -0.1) is 0 Å². The van der Waals surface area contributed by atoms with Gasteiger partial charge in [0.1, 0.15) is 5.69 Å². The fourth-order valence-electron chi connectivity index (χ4n) is 1.53. The van der Waals surface area contributed by atoms with Crippen molar-refractivity contribution in [2.45, 2.75) is 6.92 Å². The summed E-state index contributed by atoms with van der Waals surface area (Å²) < 4.78 is 5.05. The highest BCUT2D eigenvalue weighted by Crippen LogP contribution is 2.24. The number of aromatic amines is 2. The van der Waals surface area contributed by atoms with Crippen LogP contribution in [-0.2, 0) is 4.74 Å². The monoisotopic (exact) mass is 239 g/mol. The lowest BCUT2D eigenvalue weighted by molar-refractivity contribution is -0.0978. The van der Waals surface area contributed by atoms with Crippen molar-refractivity contribution in [3.63, 3.8) is 0 Å². The number of amides is 1. The summed E-state index contributed by atoms with van der Waals surface area (Å²) in [7, 11) is 0. The number of carbonyl (C=O) groups is 1. The first-order valence-electron chi connectivity index (χ1n) is 5.18. The van der Waals surface area contributed by atoms with Gasteiger partial charge in [0.05, 0.1) is 13.2 Å². The molecule has 1 aliphatic heterocycles. The summed E-state index contributed by atoms with van der Waals surface area (Å²) in [6, 6.07) is 1.05. The molecule has 1 aliphatic rings. The summed E-state index contributed by atoms with van der Waals surface area (Å²) in [5.41, 5.74) is -1.39. The second-order valence-corrected chi connectivity index (χ2v) is 4.49. The predicted octanol–water partition coefficient (Wildman–Crippen LogP) is -1.17. The number of H-pyrrole nitrogens is 2. The van der Waals surface area contributed by atoms with Crippen molar-refractivity contribution in [1.82, 2.24) is 15.3 Å². The number of hydrogen-bond acceptors (Lipinski definition) is 4. The molecule has 0 saturated carbocycles. The molecule has 0 unspecified atom stereocenters. The highest BCUT2D eigenvalue weighted by atomic mass is 16.5. The molecule has 2 rings (SSSR count). The van der Waals surface area contributed by atoms with E-state index in [2.05, 4.69) is 10.3 Å². The molecule has 92 valence electrons. The zero-order valence-electron chi connectivity index (χ0n) is 9.33. The summed E-state index contributed by atoms with van der Waals surface area (Å²) in [5, 5.41) is 2.65. The first-order valence-corrected chi connectivity index (χ1v) is 5.18. The van der Waals surface area contributed by atoms with E-state index in [1.165, 1.54) is 0 Å². The lowest BCUT2D eigenvalue weighted by Gasteiger charge is -2.37. The van der Waals surface area contributed by atoms with E-state index in [1.54, 1.807) is 0 Å². The summed E-state index contributed by atoms with van der Waals surface area (Å²) in [6.45, 7) is 3.62. The molecule has 1 fully saturated rings. The van der Waals surface area contributed by atoms with Gasteiger partial charge in [-0.05, 0) is 0 Å². The molecule has 7 nitrogen and oxygen atoms in total. The summed E-state index contributed by atoms with van der Waals surface area (Å²) >= 11 is 0. The van der Waals surface area contributed by atoms with Crippen LogP contribution in [0.25, 0.3) is 0 Å². The zero-order valence-corrected chi connectivity index (χ0v) is 9.33. The maximum absolute atomic E-state index is 11.7. The Labute approximate surface area is 96.2 Å². The molecule has 1 aromatic heterocycles. The Bertz CT molecular complexity index is 513. The minimum Gasteiger partial charge on any atom is -0.380 e. The maximum Gasteiger partial charge on any atom is 0.326 e.